The lowest BCUT2D eigenvalue weighted by Crippen LogP contribution is -2.51. The second kappa shape index (κ2) is 7.56. The lowest BCUT2D eigenvalue weighted by atomic mass is 9.90. The maximum atomic E-state index is 12.7. The first-order chi connectivity index (χ1) is 11.5. The summed E-state index contributed by atoms with van der Waals surface area (Å²) in [6.07, 6.45) is 7.13. The number of carbonyl (C=O) groups excluding carboxylic acids is 1. The minimum Gasteiger partial charge on any atom is -0.508 e. The average Bonchev–Trinajstić information content (AvgIpc) is 3.06. The van der Waals surface area contributed by atoms with Gasteiger partial charge in [-0.2, -0.15) is 0 Å². The number of rotatable bonds is 5. The van der Waals surface area contributed by atoms with Crippen molar-refractivity contribution in [2.24, 2.45) is 11.8 Å². The van der Waals surface area contributed by atoms with Crippen LogP contribution in [0, 0.1) is 11.8 Å². The predicted octanol–water partition coefficient (Wildman–Crippen LogP) is 3.13. The van der Waals surface area contributed by atoms with Crippen LogP contribution in [-0.2, 0) is 17.8 Å². The van der Waals surface area contributed by atoms with Gasteiger partial charge in [-0.25, -0.2) is 0 Å². The molecule has 2 atom stereocenters. The Kier molecular flexibility index (Phi) is 5.44. The number of carbonyl (C=O) groups is 1. The third-order valence-electron chi connectivity index (χ3n) is 5.66. The molecule has 0 saturated heterocycles. The fourth-order valence-corrected chi connectivity index (χ4v) is 4.07. The number of benzene rings is 1. The fraction of sp³-hybridized carbons (Fsp3) is 0.650. The van der Waals surface area contributed by atoms with E-state index in [1.165, 1.54) is 25.7 Å². The number of fused-ring (bicyclic) bond motifs is 1. The van der Waals surface area contributed by atoms with Crippen molar-refractivity contribution in [2.75, 3.05) is 0 Å². The minimum atomic E-state index is -0.174. The van der Waals surface area contributed by atoms with E-state index in [-0.39, 0.29) is 23.7 Å². The Hall–Kier alpha value is -1.55. The van der Waals surface area contributed by atoms with E-state index in [0.29, 0.717) is 18.9 Å². The van der Waals surface area contributed by atoms with Gasteiger partial charge in [0.05, 0.1) is 6.04 Å². The third kappa shape index (κ3) is 4.10. The molecule has 1 heterocycles. The van der Waals surface area contributed by atoms with Gasteiger partial charge in [0.15, 0.2) is 0 Å². The largest absolute Gasteiger partial charge is 0.508 e. The van der Waals surface area contributed by atoms with E-state index in [2.05, 4.69) is 24.5 Å². The van der Waals surface area contributed by atoms with Gasteiger partial charge >= 0.3 is 0 Å². The van der Waals surface area contributed by atoms with Crippen LogP contribution in [0.1, 0.15) is 57.1 Å². The normalized spacial score (nSPS) is 22.4. The molecule has 0 radical (unpaired) electrons. The Morgan fingerprint density at radius 1 is 1.29 bits per heavy atom. The molecule has 2 aliphatic rings. The highest BCUT2D eigenvalue weighted by Crippen LogP contribution is 2.30. The number of aromatic hydroxyl groups is 1. The summed E-state index contributed by atoms with van der Waals surface area (Å²) in [4.78, 5) is 12.7. The molecule has 3 rings (SSSR count). The van der Waals surface area contributed by atoms with E-state index in [0.717, 1.165) is 23.5 Å². The molecule has 1 saturated carbocycles. The molecule has 0 bridgehead atoms. The zero-order valence-corrected chi connectivity index (χ0v) is 14.8. The highest BCUT2D eigenvalue weighted by Gasteiger charge is 2.28. The predicted molar refractivity (Wildman–Crippen MR) is 95.8 cm³/mol. The molecule has 0 spiro atoms. The number of nitrogens with one attached hydrogen (secondary N) is 2. The summed E-state index contributed by atoms with van der Waals surface area (Å²) < 4.78 is 0. The summed E-state index contributed by atoms with van der Waals surface area (Å²) in [6.45, 7) is 5.04. The van der Waals surface area contributed by atoms with Gasteiger partial charge in [0.2, 0.25) is 5.91 Å². The monoisotopic (exact) mass is 330 g/mol. The number of hydrogen-bond donors (Lipinski definition) is 3. The lowest BCUT2D eigenvalue weighted by molar-refractivity contribution is -0.124. The van der Waals surface area contributed by atoms with Gasteiger partial charge < -0.3 is 15.7 Å². The Morgan fingerprint density at radius 3 is 2.75 bits per heavy atom. The van der Waals surface area contributed by atoms with Gasteiger partial charge in [0.1, 0.15) is 5.75 Å². The molecule has 1 fully saturated rings. The lowest BCUT2D eigenvalue weighted by Gasteiger charge is -2.30. The second-order valence-electron chi connectivity index (χ2n) is 7.84. The topological polar surface area (TPSA) is 61.4 Å². The van der Waals surface area contributed by atoms with Crippen LogP contribution < -0.4 is 10.6 Å². The van der Waals surface area contributed by atoms with E-state index in [1.807, 2.05) is 6.07 Å². The molecule has 0 aromatic heterocycles. The SMILES string of the molecule is CC(C)C(CC1CCCC1)NC(=O)C1Cc2ccc(O)cc2CN1. The fourth-order valence-electron chi connectivity index (χ4n) is 4.07. The van der Waals surface area contributed by atoms with Crippen LogP contribution in [0.2, 0.25) is 0 Å². The number of hydrogen-bond acceptors (Lipinski definition) is 3. The Balaban J connectivity index is 1.60. The maximum Gasteiger partial charge on any atom is 0.237 e. The Morgan fingerprint density at radius 2 is 2.04 bits per heavy atom. The average molecular weight is 330 g/mol. The van der Waals surface area contributed by atoms with Crippen LogP contribution in [0.5, 0.6) is 5.75 Å². The van der Waals surface area contributed by atoms with Crippen molar-refractivity contribution in [3.8, 4) is 5.75 Å². The van der Waals surface area contributed by atoms with Gasteiger partial charge in [0, 0.05) is 12.6 Å². The molecule has 24 heavy (non-hydrogen) atoms. The van der Waals surface area contributed by atoms with Crippen molar-refractivity contribution in [2.45, 2.75) is 71.0 Å². The quantitative estimate of drug-likeness (QED) is 0.777. The summed E-state index contributed by atoms with van der Waals surface area (Å²) in [6, 6.07) is 5.52. The van der Waals surface area contributed by atoms with Crippen LogP contribution in [0.4, 0.5) is 0 Å². The van der Waals surface area contributed by atoms with E-state index in [4.69, 9.17) is 0 Å². The van der Waals surface area contributed by atoms with Crippen molar-refractivity contribution < 1.29 is 9.90 Å². The number of phenolic OH excluding ortho intramolecular Hbond substituents is 1. The van der Waals surface area contributed by atoms with Crippen molar-refractivity contribution >= 4 is 5.91 Å². The maximum absolute atomic E-state index is 12.7. The summed E-state index contributed by atoms with van der Waals surface area (Å²) in [5.74, 6) is 1.64. The molecular weight excluding hydrogens is 300 g/mol. The summed E-state index contributed by atoms with van der Waals surface area (Å²) in [7, 11) is 0. The van der Waals surface area contributed by atoms with E-state index in [1.54, 1.807) is 12.1 Å². The molecule has 2 unspecified atom stereocenters. The van der Waals surface area contributed by atoms with Gasteiger partial charge in [-0.15, -0.1) is 0 Å². The van der Waals surface area contributed by atoms with Gasteiger partial charge in [-0.05, 0) is 47.9 Å². The highest BCUT2D eigenvalue weighted by atomic mass is 16.3. The Bertz CT molecular complexity index is 579. The molecule has 4 nitrogen and oxygen atoms in total. The van der Waals surface area contributed by atoms with Crippen LogP contribution in [0.3, 0.4) is 0 Å². The summed E-state index contributed by atoms with van der Waals surface area (Å²) >= 11 is 0. The molecule has 132 valence electrons. The first-order valence-corrected chi connectivity index (χ1v) is 9.37. The van der Waals surface area contributed by atoms with E-state index < -0.39 is 0 Å². The Labute approximate surface area is 145 Å². The molecule has 1 aromatic carbocycles. The van der Waals surface area contributed by atoms with Crippen LogP contribution in [0.15, 0.2) is 18.2 Å². The smallest absolute Gasteiger partial charge is 0.237 e. The van der Waals surface area contributed by atoms with E-state index >= 15 is 0 Å². The third-order valence-corrected chi connectivity index (χ3v) is 5.66. The van der Waals surface area contributed by atoms with Gasteiger partial charge in [-0.3, -0.25) is 4.79 Å². The van der Waals surface area contributed by atoms with Crippen molar-refractivity contribution in [3.63, 3.8) is 0 Å². The number of amides is 1. The molecule has 1 aliphatic carbocycles. The van der Waals surface area contributed by atoms with Crippen LogP contribution in [-0.4, -0.2) is 23.1 Å². The molecule has 1 aromatic rings. The van der Waals surface area contributed by atoms with Crippen LogP contribution in [0.25, 0.3) is 0 Å². The highest BCUT2D eigenvalue weighted by molar-refractivity contribution is 5.82. The molecule has 4 heteroatoms. The zero-order chi connectivity index (χ0) is 17.1. The molecule has 1 aliphatic heterocycles. The molecule has 3 N–H and O–H groups in total. The van der Waals surface area contributed by atoms with Crippen molar-refractivity contribution in [3.05, 3.63) is 29.3 Å². The first kappa shape index (κ1) is 17.3. The van der Waals surface area contributed by atoms with E-state index in [9.17, 15) is 9.90 Å². The van der Waals surface area contributed by atoms with Gasteiger partial charge in [-0.1, -0.05) is 45.6 Å². The van der Waals surface area contributed by atoms with Gasteiger partial charge in [0.25, 0.3) is 0 Å². The summed E-state index contributed by atoms with van der Waals surface area (Å²) in [5.41, 5.74) is 2.24. The molecule has 1 amide bonds. The first-order valence-electron chi connectivity index (χ1n) is 9.37. The summed E-state index contributed by atoms with van der Waals surface area (Å²) in [5, 5.41) is 16.2. The standard InChI is InChI=1S/C20H30N2O2/c1-13(2)18(9-14-5-3-4-6-14)22-20(24)19-11-15-7-8-17(23)10-16(15)12-21-19/h7-8,10,13-14,18-19,21,23H,3-6,9,11-12H2,1-2H3,(H,22,24). The van der Waals surface area contributed by atoms with Crippen LogP contribution >= 0.6 is 0 Å². The molecular formula is C20H30N2O2. The number of phenols is 1. The zero-order valence-electron chi connectivity index (χ0n) is 14.8. The second-order valence-corrected chi connectivity index (χ2v) is 7.84. The van der Waals surface area contributed by atoms with Crippen molar-refractivity contribution in [1.82, 2.24) is 10.6 Å². The minimum absolute atomic E-state index is 0.116. The van der Waals surface area contributed by atoms with Crippen molar-refractivity contribution in [1.29, 1.82) is 0 Å².